The molecule has 3 fully saturated rings. The molecule has 51 heavy (non-hydrogen) atoms. The van der Waals surface area contributed by atoms with Crippen molar-refractivity contribution in [2.45, 2.75) is 76.8 Å². The van der Waals surface area contributed by atoms with Crippen molar-refractivity contribution in [3.63, 3.8) is 0 Å². The highest BCUT2D eigenvalue weighted by Gasteiger charge is 2.57. The van der Waals surface area contributed by atoms with Crippen LogP contribution in [0.25, 0.3) is 22.3 Å². The summed E-state index contributed by atoms with van der Waals surface area (Å²) in [4.78, 5) is 30.0. The molecule has 12 heteroatoms. The second-order valence-corrected chi connectivity index (χ2v) is 16.7. The fraction of sp³-hybridized carbons (Fsp3) is 0.385. The van der Waals surface area contributed by atoms with Gasteiger partial charge in [0.1, 0.15) is 18.1 Å². The van der Waals surface area contributed by atoms with Gasteiger partial charge in [-0.3, -0.25) is 4.79 Å². The van der Waals surface area contributed by atoms with Crippen LogP contribution in [0.5, 0.6) is 5.88 Å². The van der Waals surface area contributed by atoms with Gasteiger partial charge < -0.3 is 14.2 Å². The molecule has 4 aliphatic rings. The molecule has 0 saturated heterocycles. The number of carbonyl (C=O) groups excluding carboxylic acids is 1. The van der Waals surface area contributed by atoms with Gasteiger partial charge >= 0.3 is 0 Å². The second kappa shape index (κ2) is 12.1. The summed E-state index contributed by atoms with van der Waals surface area (Å²) < 4.78 is 54.4. The number of amides is 1. The van der Waals surface area contributed by atoms with Crippen LogP contribution in [0.4, 0.5) is 10.3 Å². The third-order valence-electron chi connectivity index (χ3n) is 11.0. The molecule has 3 aromatic heterocycles. The molecule has 10 nitrogen and oxygen atoms in total. The molecule has 0 radical (unpaired) electrons. The summed E-state index contributed by atoms with van der Waals surface area (Å²) >= 11 is 0. The van der Waals surface area contributed by atoms with Crippen molar-refractivity contribution in [1.29, 1.82) is 0 Å². The molecule has 0 unspecified atom stereocenters. The molecule has 1 amide bonds. The zero-order valence-electron chi connectivity index (χ0n) is 29.4. The SMILES string of the molecule is Cc1cccc(C)c1-c1cc2nc(n1)NS(=O)(=O)c1cccc(c1)C(=O)N(Cc1nc3c(cc1F)cc(C(C)C)n3C)[C@H](CC13CC(C1)C3)CO2. The Morgan fingerprint density at radius 2 is 1.73 bits per heavy atom. The largest absolute Gasteiger partial charge is 0.475 e. The van der Waals surface area contributed by atoms with Crippen molar-refractivity contribution >= 4 is 32.9 Å². The number of rotatable bonds is 6. The maximum atomic E-state index is 16.0. The summed E-state index contributed by atoms with van der Waals surface area (Å²) in [5.74, 6) is -0.00767. The van der Waals surface area contributed by atoms with Crippen molar-refractivity contribution in [2.75, 3.05) is 11.3 Å². The third-order valence-corrected chi connectivity index (χ3v) is 12.3. The minimum absolute atomic E-state index is 0.0543. The van der Waals surface area contributed by atoms with E-state index in [1.54, 1.807) is 17.0 Å². The first-order chi connectivity index (χ1) is 24.3. The molecule has 9 rings (SSSR count). The van der Waals surface area contributed by atoms with E-state index in [9.17, 15) is 13.2 Å². The summed E-state index contributed by atoms with van der Waals surface area (Å²) in [5, 5.41) is 0.692. The highest BCUT2D eigenvalue weighted by atomic mass is 32.2. The van der Waals surface area contributed by atoms with Gasteiger partial charge in [-0.25, -0.2) is 27.5 Å². The van der Waals surface area contributed by atoms with E-state index in [1.165, 1.54) is 24.3 Å². The molecule has 1 aliphatic heterocycles. The summed E-state index contributed by atoms with van der Waals surface area (Å²) in [7, 11) is -2.31. The van der Waals surface area contributed by atoms with Crippen molar-refractivity contribution < 1.29 is 22.3 Å². The van der Waals surface area contributed by atoms with Gasteiger partial charge in [-0.2, -0.15) is 4.98 Å². The molecule has 1 N–H and O–H groups in total. The minimum atomic E-state index is -4.23. The zero-order valence-corrected chi connectivity index (χ0v) is 30.2. The molecular formula is C39H41FN6O4S. The van der Waals surface area contributed by atoms with E-state index in [1.807, 2.05) is 49.7 Å². The van der Waals surface area contributed by atoms with Gasteiger partial charge in [0.2, 0.25) is 11.8 Å². The van der Waals surface area contributed by atoms with Gasteiger partial charge in [0, 0.05) is 35.3 Å². The number of ether oxygens (including phenoxy) is 1. The Labute approximate surface area is 297 Å². The number of benzene rings is 2. The van der Waals surface area contributed by atoms with E-state index >= 15 is 4.39 Å². The summed E-state index contributed by atoms with van der Waals surface area (Å²) in [5.41, 5.74) is 5.30. The number of carbonyl (C=O) groups is 1. The average Bonchev–Trinajstić information content (AvgIpc) is 3.36. The molecule has 5 aromatic rings. The summed E-state index contributed by atoms with van der Waals surface area (Å²) in [6, 6.07) is 16.4. The van der Waals surface area contributed by atoms with Crippen molar-refractivity contribution in [3.8, 4) is 17.1 Å². The minimum Gasteiger partial charge on any atom is -0.475 e. The highest BCUT2D eigenvalue weighted by molar-refractivity contribution is 7.92. The monoisotopic (exact) mass is 708 g/mol. The number of nitrogens with zero attached hydrogens (tertiary/aromatic N) is 5. The first-order valence-electron chi connectivity index (χ1n) is 17.5. The van der Waals surface area contributed by atoms with Crippen molar-refractivity contribution in [2.24, 2.45) is 18.4 Å². The molecule has 4 heterocycles. The molecule has 2 aromatic carbocycles. The number of pyridine rings is 1. The molecule has 0 spiro atoms. The number of hydrogen-bond acceptors (Lipinski definition) is 7. The van der Waals surface area contributed by atoms with Crippen LogP contribution in [0.15, 0.2) is 65.6 Å². The normalized spacial score (nSPS) is 22.3. The molecule has 264 valence electrons. The maximum Gasteiger partial charge on any atom is 0.264 e. The lowest BCUT2D eigenvalue weighted by Gasteiger charge is -2.63. The number of nitrogens with one attached hydrogen (secondary N) is 1. The Morgan fingerprint density at radius 3 is 2.41 bits per heavy atom. The fourth-order valence-corrected chi connectivity index (χ4v) is 9.35. The topological polar surface area (TPSA) is 119 Å². The van der Waals surface area contributed by atoms with E-state index < -0.39 is 27.8 Å². The Morgan fingerprint density at radius 1 is 1.00 bits per heavy atom. The zero-order chi connectivity index (χ0) is 35.8. The first kappa shape index (κ1) is 33.3. The van der Waals surface area contributed by atoms with E-state index in [-0.39, 0.29) is 52.5 Å². The van der Waals surface area contributed by atoms with E-state index in [0.29, 0.717) is 29.1 Å². The van der Waals surface area contributed by atoms with E-state index in [4.69, 9.17) is 9.72 Å². The molecular weight excluding hydrogens is 668 g/mol. The van der Waals surface area contributed by atoms with Crippen LogP contribution in [0.1, 0.15) is 78.3 Å². The van der Waals surface area contributed by atoms with Crippen LogP contribution in [-0.2, 0) is 23.6 Å². The standard InChI is InChI=1S/C39H41FN6O4S/c1-22(2)33-14-27-13-30(40)32(41-36(27)45(33)5)20-46-28(19-39-16-25(17-39)18-39)21-50-34-15-31(35-23(3)8-6-9-24(35)4)42-38(43-34)44-51(48,49)29-11-7-10-26(12-29)37(46)47/h6-15,22,25,28H,16-21H2,1-5H3,(H,42,43,44)/t25?,28-,39?/m1/s1. The van der Waals surface area contributed by atoms with Crippen LogP contribution in [0.2, 0.25) is 0 Å². The van der Waals surface area contributed by atoms with Crippen molar-refractivity contribution in [3.05, 3.63) is 94.6 Å². The number of fused-ring (bicyclic) bond motifs is 5. The van der Waals surface area contributed by atoms with Gasteiger partial charge in [0.05, 0.1) is 28.9 Å². The Bertz CT molecular complexity index is 2300. The smallest absolute Gasteiger partial charge is 0.264 e. The highest BCUT2D eigenvalue weighted by Crippen LogP contribution is 2.66. The Balaban J connectivity index is 1.26. The summed E-state index contributed by atoms with van der Waals surface area (Å²) in [6.45, 7) is 8.01. The Kier molecular flexibility index (Phi) is 7.93. The number of aromatic nitrogens is 4. The average molecular weight is 709 g/mol. The lowest BCUT2D eigenvalue weighted by molar-refractivity contribution is -0.126. The number of aryl methyl sites for hydroxylation is 3. The molecule has 6 bridgehead atoms. The van der Waals surface area contributed by atoms with Crippen LogP contribution in [-0.4, -0.2) is 51.4 Å². The second-order valence-electron chi connectivity index (χ2n) is 15.0. The van der Waals surface area contributed by atoms with Crippen LogP contribution in [0.3, 0.4) is 0 Å². The first-order valence-corrected chi connectivity index (χ1v) is 18.9. The lowest BCUT2D eigenvalue weighted by Crippen LogP contribution is -2.56. The maximum absolute atomic E-state index is 16.0. The number of anilines is 1. The van der Waals surface area contributed by atoms with Gasteiger partial charge in [0.15, 0.2) is 0 Å². The fourth-order valence-electron chi connectivity index (χ4n) is 8.36. The molecule has 1 atom stereocenters. The predicted molar refractivity (Wildman–Crippen MR) is 193 cm³/mol. The lowest BCUT2D eigenvalue weighted by atomic mass is 9.43. The van der Waals surface area contributed by atoms with Gasteiger partial charge in [0.25, 0.3) is 15.9 Å². The third kappa shape index (κ3) is 5.92. The molecule has 3 aliphatic carbocycles. The Hall–Kier alpha value is -4.84. The van der Waals surface area contributed by atoms with Crippen molar-refractivity contribution in [1.82, 2.24) is 24.4 Å². The summed E-state index contributed by atoms with van der Waals surface area (Å²) in [6.07, 6.45) is 3.89. The van der Waals surface area contributed by atoms with Crippen LogP contribution >= 0.6 is 0 Å². The van der Waals surface area contributed by atoms with Gasteiger partial charge in [-0.05, 0) is 98.2 Å². The molecule has 3 saturated carbocycles. The number of hydrogen-bond donors (Lipinski definition) is 1. The van der Waals surface area contributed by atoms with Gasteiger partial charge in [-0.15, -0.1) is 0 Å². The van der Waals surface area contributed by atoms with Gasteiger partial charge in [-0.1, -0.05) is 38.1 Å². The quantitative estimate of drug-likeness (QED) is 0.197. The van der Waals surface area contributed by atoms with Crippen LogP contribution < -0.4 is 9.46 Å². The van der Waals surface area contributed by atoms with E-state index in [0.717, 1.165) is 41.6 Å². The number of sulfonamides is 1. The van der Waals surface area contributed by atoms with Crippen LogP contribution in [0, 0.1) is 31.0 Å². The predicted octanol–water partition coefficient (Wildman–Crippen LogP) is 7.30. The number of halogens is 1. The van der Waals surface area contributed by atoms with E-state index in [2.05, 4.69) is 28.5 Å².